The Morgan fingerprint density at radius 3 is 1.44 bits per heavy atom. The third-order valence-corrected chi connectivity index (χ3v) is 2.40. The standard InChI is InChI=1S/C3H6Br2.C3H6BrN3.N3.Na/c4-2-1-3-5;4-2-1-3-6-7-5;1-3-2;/h1-3H2;1-3H2;;/q;;-1;+1. The molecule has 0 rings (SSSR count). The molecule has 0 saturated heterocycles. The van der Waals surface area contributed by atoms with Crippen molar-refractivity contribution in [2.75, 3.05) is 22.5 Å². The second-order valence-corrected chi connectivity index (χ2v) is 4.20. The first kappa shape index (κ1) is 25.8. The van der Waals surface area contributed by atoms with E-state index < -0.39 is 0 Å². The van der Waals surface area contributed by atoms with Crippen LogP contribution in [0.4, 0.5) is 0 Å². The third-order valence-electron chi connectivity index (χ3n) is 0.722. The van der Waals surface area contributed by atoms with Gasteiger partial charge in [-0.3, -0.25) is 4.91 Å². The number of alkyl halides is 3. The van der Waals surface area contributed by atoms with Crippen molar-refractivity contribution in [3.63, 3.8) is 0 Å². The van der Waals surface area contributed by atoms with Gasteiger partial charge in [-0.05, 0) is 18.4 Å². The average Bonchev–Trinajstić information content (AvgIpc) is 2.22. The maximum absolute atomic E-state index is 7.74. The van der Waals surface area contributed by atoms with Crippen molar-refractivity contribution in [2.45, 2.75) is 12.8 Å². The smallest absolute Gasteiger partial charge is 0.373 e. The van der Waals surface area contributed by atoms with Crippen LogP contribution in [0.5, 0.6) is 0 Å². The molecule has 10 heteroatoms. The van der Waals surface area contributed by atoms with Gasteiger partial charge in [0.1, 0.15) is 0 Å². The van der Waals surface area contributed by atoms with Crippen LogP contribution in [0.2, 0.25) is 0 Å². The molecule has 0 aromatic rings. The van der Waals surface area contributed by atoms with Gasteiger partial charge in [0.25, 0.3) is 0 Å². The van der Waals surface area contributed by atoms with E-state index in [0.717, 1.165) is 22.4 Å². The first-order valence-corrected chi connectivity index (χ1v) is 7.28. The number of azide groups is 1. The summed E-state index contributed by atoms with van der Waals surface area (Å²) in [5.41, 5.74) is 21.2. The van der Waals surface area contributed by atoms with Gasteiger partial charge >= 0.3 is 29.6 Å². The zero-order chi connectivity index (χ0) is 12.4. The Morgan fingerprint density at radius 2 is 1.25 bits per heavy atom. The molecule has 0 bridgehead atoms. The molecule has 0 aliphatic rings. The van der Waals surface area contributed by atoms with Crippen LogP contribution < -0.4 is 29.6 Å². The number of hydrogen-bond acceptors (Lipinski definition) is 1. The van der Waals surface area contributed by atoms with Crippen LogP contribution in [0.25, 0.3) is 26.4 Å². The predicted octanol–water partition coefficient (Wildman–Crippen LogP) is 2.12. The Balaban J connectivity index is -0.0000000710. The summed E-state index contributed by atoms with van der Waals surface area (Å²) >= 11 is 9.76. The van der Waals surface area contributed by atoms with Gasteiger partial charge in [0.15, 0.2) is 0 Å². The van der Waals surface area contributed by atoms with Crippen molar-refractivity contribution in [3.8, 4) is 0 Å². The summed E-state index contributed by atoms with van der Waals surface area (Å²) in [7, 11) is 0. The summed E-state index contributed by atoms with van der Waals surface area (Å²) in [6, 6.07) is 0. The van der Waals surface area contributed by atoms with Crippen LogP contribution in [0.3, 0.4) is 0 Å². The fourth-order valence-corrected chi connectivity index (χ4v) is 1.79. The second kappa shape index (κ2) is 36.0. The molecular weight excluding hydrogens is 419 g/mol. The van der Waals surface area contributed by atoms with Gasteiger partial charge < -0.3 is 11.1 Å². The van der Waals surface area contributed by atoms with Gasteiger partial charge in [0.2, 0.25) is 0 Å². The summed E-state index contributed by atoms with van der Waals surface area (Å²) in [6.45, 7) is 0.599. The van der Waals surface area contributed by atoms with E-state index in [0.29, 0.717) is 6.54 Å². The van der Waals surface area contributed by atoms with Gasteiger partial charge in [-0.1, -0.05) is 52.9 Å². The van der Waals surface area contributed by atoms with Gasteiger partial charge in [0, 0.05) is 27.4 Å². The predicted molar refractivity (Wildman–Crippen MR) is 74.7 cm³/mol. The van der Waals surface area contributed by atoms with Crippen LogP contribution in [0.1, 0.15) is 12.8 Å². The largest absolute Gasteiger partial charge is 1.00 e. The Labute approximate surface area is 143 Å². The molecule has 0 aromatic heterocycles. The summed E-state index contributed by atoms with van der Waals surface area (Å²) in [5.74, 6) is 0. The normalized spacial score (nSPS) is 6.44. The van der Waals surface area contributed by atoms with Crippen LogP contribution in [-0.2, 0) is 0 Å². The Hall–Kier alpha value is 1.06. The van der Waals surface area contributed by atoms with Gasteiger partial charge in [-0.2, -0.15) is 0 Å². The molecule has 0 amide bonds. The number of nitrogens with zero attached hydrogens (tertiary/aromatic N) is 6. The maximum Gasteiger partial charge on any atom is 1.00 e. The zero-order valence-corrected chi connectivity index (χ0v) is 15.8. The first-order valence-electron chi connectivity index (χ1n) is 3.92. The Bertz CT molecular complexity index is 179. The molecule has 0 unspecified atom stereocenters. The molecule has 0 aromatic carbocycles. The van der Waals surface area contributed by atoms with Gasteiger partial charge in [0.05, 0.1) is 0 Å². The first-order chi connectivity index (χ1) is 7.24. The van der Waals surface area contributed by atoms with Crippen molar-refractivity contribution in [2.24, 2.45) is 5.11 Å². The van der Waals surface area contributed by atoms with E-state index in [-0.39, 0.29) is 29.6 Å². The van der Waals surface area contributed by atoms with Crippen molar-refractivity contribution in [1.82, 2.24) is 0 Å². The molecule has 0 heterocycles. The molecule has 0 fully saturated rings. The minimum Gasteiger partial charge on any atom is -0.373 e. The molecular formula is C6H12Br3N6Na. The minimum atomic E-state index is 0. The molecule has 6 nitrogen and oxygen atoms in total. The van der Waals surface area contributed by atoms with E-state index in [9.17, 15) is 0 Å². The Kier molecular flexibility index (Phi) is 58.0. The topological polar surface area (TPSA) is 107 Å². The fraction of sp³-hybridized carbons (Fsp3) is 1.00. The molecule has 0 radical (unpaired) electrons. The Morgan fingerprint density at radius 1 is 0.875 bits per heavy atom. The average molecular weight is 431 g/mol. The van der Waals surface area contributed by atoms with Crippen LogP contribution in [0.15, 0.2) is 5.11 Å². The quantitative estimate of drug-likeness (QED) is 0.159. The molecule has 0 aliphatic carbocycles. The second-order valence-electron chi connectivity index (χ2n) is 1.82. The molecule has 16 heavy (non-hydrogen) atoms. The molecule has 0 N–H and O–H groups in total. The van der Waals surface area contributed by atoms with E-state index in [2.05, 4.69) is 57.8 Å². The van der Waals surface area contributed by atoms with Crippen LogP contribution in [0, 0.1) is 0 Å². The zero-order valence-electron chi connectivity index (χ0n) is 9.06. The van der Waals surface area contributed by atoms with Crippen molar-refractivity contribution in [1.29, 1.82) is 0 Å². The van der Waals surface area contributed by atoms with Crippen LogP contribution in [-0.4, -0.2) is 22.5 Å². The van der Waals surface area contributed by atoms with Crippen molar-refractivity contribution < 1.29 is 29.6 Å². The van der Waals surface area contributed by atoms with E-state index >= 15 is 0 Å². The molecule has 88 valence electrons. The maximum atomic E-state index is 7.74. The van der Waals surface area contributed by atoms with E-state index in [1.54, 1.807) is 0 Å². The fourth-order valence-electron chi connectivity index (χ4n) is 0.226. The number of halogens is 3. The van der Waals surface area contributed by atoms with Crippen molar-refractivity contribution in [3.05, 3.63) is 26.4 Å². The molecule has 0 atom stereocenters. The van der Waals surface area contributed by atoms with Crippen LogP contribution >= 0.6 is 47.8 Å². The van der Waals surface area contributed by atoms with E-state index in [1.807, 2.05) is 0 Å². The molecule has 0 spiro atoms. The third kappa shape index (κ3) is 59.7. The number of hydrogen-bond donors (Lipinski definition) is 0. The SMILES string of the molecule is BrCCCBr.[N-]=[N+]=NCCCBr.[N-]=[N+]=[N-].[Na+]. The van der Waals surface area contributed by atoms with Gasteiger partial charge in [-0.25, -0.2) is 0 Å². The number of rotatable bonds is 5. The summed E-state index contributed by atoms with van der Waals surface area (Å²) in [6.07, 6.45) is 2.14. The van der Waals surface area contributed by atoms with Gasteiger partial charge in [-0.15, -0.1) is 0 Å². The minimum absolute atomic E-state index is 0. The summed E-state index contributed by atoms with van der Waals surface area (Å²) in [5, 5.41) is 6.44. The summed E-state index contributed by atoms with van der Waals surface area (Å²) < 4.78 is 0. The molecule has 0 aliphatic heterocycles. The summed E-state index contributed by atoms with van der Waals surface area (Å²) in [4.78, 5) is 4.08. The van der Waals surface area contributed by atoms with Crippen molar-refractivity contribution >= 4 is 47.8 Å². The van der Waals surface area contributed by atoms with E-state index in [1.165, 1.54) is 11.3 Å². The molecule has 0 saturated carbocycles. The monoisotopic (exact) mass is 428 g/mol. The van der Waals surface area contributed by atoms with E-state index in [4.69, 9.17) is 16.6 Å².